The van der Waals surface area contributed by atoms with Gasteiger partial charge in [-0.2, -0.15) is 0 Å². The van der Waals surface area contributed by atoms with E-state index in [1.54, 1.807) is 17.3 Å². The van der Waals surface area contributed by atoms with Gasteiger partial charge in [-0.25, -0.2) is 13.8 Å². The minimum Gasteiger partial charge on any atom is -0.380 e. The summed E-state index contributed by atoms with van der Waals surface area (Å²) in [6, 6.07) is 2.05. The number of rotatable bonds is 4. The molecule has 1 saturated heterocycles. The molecule has 1 unspecified atom stereocenters. The zero-order valence-corrected chi connectivity index (χ0v) is 14.6. The van der Waals surface area contributed by atoms with Crippen molar-refractivity contribution in [3.8, 4) is 0 Å². The zero-order chi connectivity index (χ0) is 18.5. The normalized spacial score (nSPS) is 27.3. The third-order valence-corrected chi connectivity index (χ3v) is 5.50. The van der Waals surface area contributed by atoms with Crippen molar-refractivity contribution in [2.45, 2.75) is 50.1 Å². The molecule has 2 fully saturated rings. The minimum atomic E-state index is -2.63. The van der Waals surface area contributed by atoms with Crippen LogP contribution in [-0.2, 0) is 4.79 Å². The Labute approximate surface area is 150 Å². The summed E-state index contributed by atoms with van der Waals surface area (Å²) < 4.78 is 27.2. The number of amides is 1. The SMILES string of the molecule is C=CC(=O)N1CC(Nc2ccnc3[nH]cc([C@@H]4CC4(F)F)c23)CC[C@@H]1C. The lowest BCUT2D eigenvalue weighted by atomic mass is 9.98. The largest absolute Gasteiger partial charge is 0.380 e. The fraction of sp³-hybridized carbons (Fsp3) is 0.474. The fourth-order valence-electron chi connectivity index (χ4n) is 3.90. The van der Waals surface area contributed by atoms with E-state index in [1.807, 2.05) is 13.0 Å². The van der Waals surface area contributed by atoms with Crippen LogP contribution in [0.4, 0.5) is 14.5 Å². The van der Waals surface area contributed by atoms with Crippen LogP contribution in [-0.4, -0.2) is 45.3 Å². The van der Waals surface area contributed by atoms with Gasteiger partial charge in [-0.15, -0.1) is 0 Å². The molecule has 5 nitrogen and oxygen atoms in total. The maximum atomic E-state index is 13.6. The number of likely N-dealkylation sites (tertiary alicyclic amines) is 1. The first-order valence-corrected chi connectivity index (χ1v) is 8.94. The van der Waals surface area contributed by atoms with Crippen molar-refractivity contribution in [2.24, 2.45) is 0 Å². The van der Waals surface area contributed by atoms with Crippen LogP contribution in [0.15, 0.2) is 31.1 Å². The van der Waals surface area contributed by atoms with Gasteiger partial charge in [0.15, 0.2) is 0 Å². The molecule has 2 aliphatic rings. The Bertz CT molecular complexity index is 862. The van der Waals surface area contributed by atoms with Gasteiger partial charge in [0.1, 0.15) is 5.65 Å². The van der Waals surface area contributed by atoms with Gasteiger partial charge >= 0.3 is 0 Å². The summed E-state index contributed by atoms with van der Waals surface area (Å²) in [4.78, 5) is 21.1. The van der Waals surface area contributed by atoms with Crippen molar-refractivity contribution in [1.29, 1.82) is 0 Å². The number of H-pyrrole nitrogens is 1. The molecule has 26 heavy (non-hydrogen) atoms. The van der Waals surface area contributed by atoms with Crippen LogP contribution in [0.25, 0.3) is 11.0 Å². The second-order valence-corrected chi connectivity index (χ2v) is 7.31. The van der Waals surface area contributed by atoms with E-state index < -0.39 is 11.8 Å². The molecule has 1 saturated carbocycles. The van der Waals surface area contributed by atoms with Gasteiger partial charge in [0.2, 0.25) is 5.91 Å². The van der Waals surface area contributed by atoms with Crippen LogP contribution in [0.1, 0.15) is 37.7 Å². The van der Waals surface area contributed by atoms with E-state index >= 15 is 0 Å². The summed E-state index contributed by atoms with van der Waals surface area (Å²) in [5.41, 5.74) is 2.01. The molecule has 3 atom stereocenters. The minimum absolute atomic E-state index is 0.0585. The molecule has 3 heterocycles. The number of pyridine rings is 1. The second kappa shape index (κ2) is 6.07. The van der Waals surface area contributed by atoms with Crippen LogP contribution < -0.4 is 5.32 Å². The van der Waals surface area contributed by atoms with Crippen molar-refractivity contribution in [3.05, 3.63) is 36.7 Å². The van der Waals surface area contributed by atoms with Gasteiger partial charge in [-0.05, 0) is 37.5 Å². The molecule has 1 aliphatic carbocycles. The maximum absolute atomic E-state index is 13.6. The molecule has 7 heteroatoms. The third kappa shape index (κ3) is 2.85. The van der Waals surface area contributed by atoms with Crippen molar-refractivity contribution in [3.63, 3.8) is 0 Å². The summed E-state index contributed by atoms with van der Waals surface area (Å²) in [6.45, 7) is 6.16. The quantitative estimate of drug-likeness (QED) is 0.818. The molecular formula is C19H22F2N4O. The number of nitrogens with one attached hydrogen (secondary N) is 2. The molecule has 2 aromatic heterocycles. The standard InChI is InChI=1S/C19H22F2N4O/c1-3-16(26)25-10-12(5-4-11(25)2)24-15-6-7-22-18-17(15)13(9-23-18)14-8-19(14,20)21/h3,6-7,9,11-12,14H,1,4-5,8,10H2,2H3,(H2,22,23,24)/t11-,12?,14-/m0/s1. The van der Waals surface area contributed by atoms with Crippen LogP contribution in [0.5, 0.6) is 0 Å². The summed E-state index contributed by atoms with van der Waals surface area (Å²) in [5.74, 6) is -3.45. The first-order chi connectivity index (χ1) is 12.4. The highest BCUT2D eigenvalue weighted by atomic mass is 19.3. The molecule has 2 aromatic rings. The average Bonchev–Trinajstić information content (AvgIpc) is 3.05. The lowest BCUT2D eigenvalue weighted by Crippen LogP contribution is -2.49. The van der Waals surface area contributed by atoms with Crippen LogP contribution in [0, 0.1) is 0 Å². The first kappa shape index (κ1) is 17.0. The second-order valence-electron chi connectivity index (χ2n) is 7.31. The summed E-state index contributed by atoms with van der Waals surface area (Å²) in [6.07, 6.45) is 6.32. The molecule has 1 amide bonds. The number of hydrogen-bond acceptors (Lipinski definition) is 3. The number of anilines is 1. The van der Waals surface area contributed by atoms with Gasteiger partial charge in [0.25, 0.3) is 5.92 Å². The number of hydrogen-bond donors (Lipinski definition) is 2. The Morgan fingerprint density at radius 2 is 2.27 bits per heavy atom. The Morgan fingerprint density at radius 1 is 1.50 bits per heavy atom. The number of piperidine rings is 1. The molecule has 4 rings (SSSR count). The highest BCUT2D eigenvalue weighted by Gasteiger charge is 2.58. The van der Waals surface area contributed by atoms with Crippen LogP contribution in [0.3, 0.4) is 0 Å². The Kier molecular flexibility index (Phi) is 3.97. The first-order valence-electron chi connectivity index (χ1n) is 8.94. The molecule has 1 aliphatic heterocycles. The van der Waals surface area contributed by atoms with Gasteiger partial charge in [-0.1, -0.05) is 6.58 Å². The predicted molar refractivity (Wildman–Crippen MR) is 96.4 cm³/mol. The van der Waals surface area contributed by atoms with Crippen molar-refractivity contribution in [2.75, 3.05) is 11.9 Å². The highest BCUT2D eigenvalue weighted by molar-refractivity contribution is 5.93. The van der Waals surface area contributed by atoms with Gasteiger partial charge < -0.3 is 15.2 Å². The lowest BCUT2D eigenvalue weighted by Gasteiger charge is -2.38. The Hall–Kier alpha value is -2.44. The predicted octanol–water partition coefficient (Wildman–Crippen LogP) is 3.66. The average molecular weight is 360 g/mol. The Balaban J connectivity index is 1.60. The highest BCUT2D eigenvalue weighted by Crippen LogP contribution is 2.57. The number of carbonyl (C=O) groups excluding carboxylic acids is 1. The fourth-order valence-corrected chi connectivity index (χ4v) is 3.90. The number of aromatic nitrogens is 2. The molecule has 138 valence electrons. The van der Waals surface area contributed by atoms with Crippen molar-refractivity contribution < 1.29 is 13.6 Å². The zero-order valence-electron chi connectivity index (χ0n) is 14.6. The molecule has 0 spiro atoms. The summed E-state index contributed by atoms with van der Waals surface area (Å²) >= 11 is 0. The van der Waals surface area contributed by atoms with E-state index in [1.165, 1.54) is 6.08 Å². The van der Waals surface area contributed by atoms with E-state index in [4.69, 9.17) is 0 Å². The van der Waals surface area contributed by atoms with Crippen molar-refractivity contribution >= 4 is 22.6 Å². The van der Waals surface area contributed by atoms with Crippen LogP contribution in [0.2, 0.25) is 0 Å². The van der Waals surface area contributed by atoms with E-state index in [0.29, 0.717) is 17.8 Å². The topological polar surface area (TPSA) is 61.0 Å². The monoisotopic (exact) mass is 360 g/mol. The number of fused-ring (bicyclic) bond motifs is 1. The third-order valence-electron chi connectivity index (χ3n) is 5.50. The molecule has 2 N–H and O–H groups in total. The van der Waals surface area contributed by atoms with E-state index in [-0.39, 0.29) is 24.4 Å². The number of aromatic amines is 1. The lowest BCUT2D eigenvalue weighted by molar-refractivity contribution is -0.129. The summed E-state index contributed by atoms with van der Waals surface area (Å²) in [7, 11) is 0. The van der Waals surface area contributed by atoms with Gasteiger partial charge in [0, 0.05) is 48.5 Å². The molecule has 0 bridgehead atoms. The van der Waals surface area contributed by atoms with Gasteiger partial charge in [-0.3, -0.25) is 4.79 Å². The molecule has 0 radical (unpaired) electrons. The van der Waals surface area contributed by atoms with E-state index in [2.05, 4.69) is 21.9 Å². The van der Waals surface area contributed by atoms with Crippen LogP contribution >= 0.6 is 0 Å². The Morgan fingerprint density at radius 3 is 2.96 bits per heavy atom. The van der Waals surface area contributed by atoms with Gasteiger partial charge in [0.05, 0.1) is 5.92 Å². The smallest absolute Gasteiger partial charge is 0.256 e. The number of halogens is 2. The molecule has 0 aromatic carbocycles. The maximum Gasteiger partial charge on any atom is 0.256 e. The van der Waals surface area contributed by atoms with Crippen molar-refractivity contribution in [1.82, 2.24) is 14.9 Å². The van der Waals surface area contributed by atoms with E-state index in [9.17, 15) is 13.6 Å². The van der Waals surface area contributed by atoms with E-state index in [0.717, 1.165) is 23.9 Å². The number of carbonyl (C=O) groups is 1. The number of nitrogens with zero attached hydrogens (tertiary/aromatic N) is 2. The number of alkyl halides is 2. The summed E-state index contributed by atoms with van der Waals surface area (Å²) in [5, 5.41) is 4.19. The molecular weight excluding hydrogens is 338 g/mol.